The van der Waals surface area contributed by atoms with E-state index in [0.717, 1.165) is 19.4 Å². The van der Waals surface area contributed by atoms with Crippen LogP contribution in [0, 0.1) is 0 Å². The van der Waals surface area contributed by atoms with Crippen molar-refractivity contribution in [3.05, 3.63) is 0 Å². The Morgan fingerprint density at radius 1 is 1.83 bits per heavy atom. The second-order valence-electron chi connectivity index (χ2n) is 3.13. The lowest BCUT2D eigenvalue weighted by Gasteiger charge is -2.19. The molecule has 0 radical (unpaired) electrons. The molecule has 0 aromatic heterocycles. The molecule has 0 spiro atoms. The fourth-order valence-corrected chi connectivity index (χ4v) is 1.71. The minimum atomic E-state index is -3.33. The van der Waals surface area contributed by atoms with E-state index in [1.54, 1.807) is 5.01 Å². The van der Waals surface area contributed by atoms with Crippen molar-refractivity contribution >= 4 is 7.60 Å². The zero-order chi connectivity index (χ0) is 9.19. The first kappa shape index (κ1) is 10.2. The van der Waals surface area contributed by atoms with Crippen LogP contribution in [0.1, 0.15) is 12.8 Å². The van der Waals surface area contributed by atoms with Gasteiger partial charge in [-0.2, -0.15) is 0 Å². The van der Waals surface area contributed by atoms with Crippen molar-refractivity contribution in [3.8, 4) is 0 Å². The quantitative estimate of drug-likeness (QED) is 0.494. The molecule has 0 amide bonds. The van der Waals surface area contributed by atoms with Gasteiger partial charge in [0.05, 0.1) is 6.61 Å². The van der Waals surface area contributed by atoms with Crippen molar-refractivity contribution in [2.45, 2.75) is 18.9 Å². The van der Waals surface area contributed by atoms with Gasteiger partial charge in [0.1, 0.15) is 0 Å². The molecule has 2 atom stereocenters. The van der Waals surface area contributed by atoms with E-state index in [-0.39, 0.29) is 12.6 Å². The van der Waals surface area contributed by atoms with Crippen LogP contribution in [0.25, 0.3) is 0 Å². The van der Waals surface area contributed by atoms with E-state index < -0.39 is 7.60 Å². The van der Waals surface area contributed by atoms with Gasteiger partial charge in [-0.3, -0.25) is 10.4 Å². The Labute approximate surface area is 72.0 Å². The highest BCUT2D eigenvalue weighted by molar-refractivity contribution is 7.51. The van der Waals surface area contributed by atoms with Crippen molar-refractivity contribution in [1.29, 1.82) is 0 Å². The van der Waals surface area contributed by atoms with Crippen LogP contribution in [0.3, 0.4) is 0 Å². The molecule has 1 heterocycles. The lowest BCUT2D eigenvalue weighted by molar-refractivity contribution is 0.163. The summed E-state index contributed by atoms with van der Waals surface area (Å²) in [6.07, 6.45) is 1.97. The molecule has 1 aliphatic heterocycles. The minimum Gasteiger partial charge on any atom is -0.324 e. The fourth-order valence-electron chi connectivity index (χ4n) is 1.26. The predicted octanol–water partition coefficient (Wildman–Crippen LogP) is 0.156. The monoisotopic (exact) mass is 194 g/mol. The summed E-state index contributed by atoms with van der Waals surface area (Å²) in [5.74, 6) is 5.59. The van der Waals surface area contributed by atoms with Crippen LogP contribution < -0.4 is 5.84 Å². The van der Waals surface area contributed by atoms with Gasteiger partial charge in [-0.25, -0.2) is 5.01 Å². The van der Waals surface area contributed by atoms with Crippen molar-refractivity contribution in [1.82, 2.24) is 5.01 Å². The van der Waals surface area contributed by atoms with E-state index in [2.05, 4.69) is 0 Å². The van der Waals surface area contributed by atoms with Gasteiger partial charge in [0.15, 0.2) is 0 Å². The highest BCUT2D eigenvalue weighted by Crippen LogP contribution is 2.37. The Kier molecular flexibility index (Phi) is 3.26. The Balaban J connectivity index is 2.27. The topological polar surface area (TPSA) is 75.8 Å². The Morgan fingerprint density at radius 2 is 2.50 bits per heavy atom. The van der Waals surface area contributed by atoms with Crippen molar-refractivity contribution < 1.29 is 14.0 Å². The van der Waals surface area contributed by atoms with Crippen LogP contribution in [0.4, 0.5) is 0 Å². The first-order chi connectivity index (χ1) is 5.49. The van der Waals surface area contributed by atoms with Gasteiger partial charge in [0.25, 0.3) is 0 Å². The largest absolute Gasteiger partial charge is 0.325 e. The maximum atomic E-state index is 10.8. The van der Waals surface area contributed by atoms with E-state index in [1.807, 2.05) is 0 Å². The van der Waals surface area contributed by atoms with Crippen LogP contribution in [0.15, 0.2) is 0 Å². The van der Waals surface area contributed by atoms with Crippen LogP contribution in [0.5, 0.6) is 0 Å². The minimum absolute atomic E-state index is 0.102. The molecule has 0 aromatic carbocycles. The van der Waals surface area contributed by atoms with Crippen molar-refractivity contribution in [2.75, 3.05) is 19.8 Å². The predicted molar refractivity (Wildman–Crippen MR) is 45.6 cm³/mol. The molecule has 0 bridgehead atoms. The Morgan fingerprint density at radius 3 is 2.92 bits per heavy atom. The summed E-state index contributed by atoms with van der Waals surface area (Å²) in [4.78, 5) is 8.84. The molecular formula is C6H15N2O3P. The van der Waals surface area contributed by atoms with Crippen LogP contribution >= 0.6 is 7.60 Å². The lowest BCUT2D eigenvalue weighted by atomic mass is 10.2. The van der Waals surface area contributed by atoms with E-state index in [0.29, 0.717) is 0 Å². The summed E-state index contributed by atoms with van der Waals surface area (Å²) in [6.45, 7) is 2.27. The Hall–Kier alpha value is 0.0700. The molecular weight excluding hydrogens is 179 g/mol. The summed E-state index contributed by atoms with van der Waals surface area (Å²) >= 11 is 0. The molecule has 1 fully saturated rings. The van der Waals surface area contributed by atoms with E-state index >= 15 is 0 Å². The maximum Gasteiger partial charge on any atom is 0.325 e. The first-order valence-corrected chi connectivity index (χ1v) is 5.97. The SMILES string of the molecule is CP(=O)(O)OC[C@@H]1CCCN1N. The molecule has 6 heteroatoms. The third-order valence-corrected chi connectivity index (χ3v) is 2.56. The van der Waals surface area contributed by atoms with Crippen LogP contribution in [0.2, 0.25) is 0 Å². The van der Waals surface area contributed by atoms with Gasteiger partial charge in [0, 0.05) is 19.3 Å². The van der Waals surface area contributed by atoms with Gasteiger partial charge in [-0.05, 0) is 12.8 Å². The highest BCUT2D eigenvalue weighted by Gasteiger charge is 2.24. The van der Waals surface area contributed by atoms with E-state index in [4.69, 9.17) is 15.3 Å². The number of nitrogens with zero attached hydrogens (tertiary/aromatic N) is 1. The van der Waals surface area contributed by atoms with Crippen LogP contribution in [-0.4, -0.2) is 35.8 Å². The standard InChI is InChI=1S/C6H15N2O3P/c1-12(9,10)11-5-6-3-2-4-8(6)7/h6H,2-5,7H2,1H3,(H,9,10)/t6-/m0/s1. The third kappa shape index (κ3) is 3.21. The number of nitrogens with two attached hydrogens (primary N) is 1. The lowest BCUT2D eigenvalue weighted by Crippen LogP contribution is -2.38. The molecule has 5 nitrogen and oxygen atoms in total. The summed E-state index contributed by atoms with van der Waals surface area (Å²) in [5.41, 5.74) is 0. The zero-order valence-corrected chi connectivity index (χ0v) is 8.04. The second kappa shape index (κ2) is 3.85. The Bertz CT molecular complexity index is 193. The zero-order valence-electron chi connectivity index (χ0n) is 7.14. The highest BCUT2D eigenvalue weighted by atomic mass is 31.2. The number of hydrogen-bond acceptors (Lipinski definition) is 4. The molecule has 1 aliphatic rings. The van der Waals surface area contributed by atoms with E-state index in [9.17, 15) is 4.57 Å². The van der Waals surface area contributed by atoms with Gasteiger partial charge in [0.2, 0.25) is 0 Å². The maximum absolute atomic E-state index is 10.8. The summed E-state index contributed by atoms with van der Waals surface area (Å²) < 4.78 is 15.5. The van der Waals surface area contributed by atoms with Crippen molar-refractivity contribution in [3.63, 3.8) is 0 Å². The molecule has 1 saturated heterocycles. The average molecular weight is 194 g/mol. The third-order valence-electron chi connectivity index (χ3n) is 1.93. The number of rotatable bonds is 3. The molecule has 0 saturated carbocycles. The first-order valence-electron chi connectivity index (χ1n) is 3.95. The molecule has 0 aromatic rings. The molecule has 1 rings (SSSR count). The fraction of sp³-hybridized carbons (Fsp3) is 1.00. The smallest absolute Gasteiger partial charge is 0.324 e. The molecule has 72 valence electrons. The van der Waals surface area contributed by atoms with Crippen molar-refractivity contribution in [2.24, 2.45) is 5.84 Å². The molecule has 1 unspecified atom stereocenters. The summed E-state index contributed by atoms with van der Waals surface area (Å²) in [5, 5.41) is 1.66. The van der Waals surface area contributed by atoms with Gasteiger partial charge >= 0.3 is 7.60 Å². The van der Waals surface area contributed by atoms with Gasteiger partial charge in [-0.15, -0.1) is 0 Å². The summed E-state index contributed by atoms with van der Waals surface area (Å²) in [7, 11) is -3.33. The van der Waals surface area contributed by atoms with Gasteiger partial charge < -0.3 is 9.42 Å². The second-order valence-corrected chi connectivity index (χ2v) is 5.00. The molecule has 0 aliphatic carbocycles. The molecule has 3 N–H and O–H groups in total. The molecule has 12 heavy (non-hydrogen) atoms. The normalized spacial score (nSPS) is 30.4. The number of hydrazine groups is 1. The van der Waals surface area contributed by atoms with E-state index in [1.165, 1.54) is 6.66 Å². The van der Waals surface area contributed by atoms with Gasteiger partial charge in [-0.1, -0.05) is 0 Å². The average Bonchev–Trinajstić information content (AvgIpc) is 2.29. The van der Waals surface area contributed by atoms with Crippen LogP contribution in [-0.2, 0) is 9.09 Å². The number of hydrogen-bond donors (Lipinski definition) is 2. The summed E-state index contributed by atoms with van der Waals surface area (Å²) in [6, 6.07) is 0.102.